The normalized spacial score (nSPS) is 12.3. The van der Waals surface area contributed by atoms with Gasteiger partial charge in [-0.05, 0) is 36.2 Å². The van der Waals surface area contributed by atoms with E-state index in [9.17, 15) is 5.11 Å². The summed E-state index contributed by atoms with van der Waals surface area (Å²) in [4.78, 5) is 0. The number of benzene rings is 1. The lowest BCUT2D eigenvalue weighted by atomic mass is 10.1. The minimum atomic E-state index is -0.718. The van der Waals surface area contributed by atoms with Gasteiger partial charge in [0, 0.05) is 0 Å². The third kappa shape index (κ3) is 3.14. The van der Waals surface area contributed by atoms with Crippen molar-refractivity contribution in [3.8, 4) is 5.75 Å². The first-order chi connectivity index (χ1) is 8.81. The lowest BCUT2D eigenvalue weighted by Gasteiger charge is -2.10. The third-order valence-electron chi connectivity index (χ3n) is 2.78. The molecule has 18 heavy (non-hydrogen) atoms. The zero-order chi connectivity index (χ0) is 12.8. The van der Waals surface area contributed by atoms with Crippen molar-refractivity contribution in [1.29, 1.82) is 0 Å². The van der Waals surface area contributed by atoms with Crippen LogP contribution in [0.2, 0.25) is 0 Å². The monoisotopic (exact) mass is 246 g/mol. The molecule has 1 heterocycles. The fourth-order valence-corrected chi connectivity index (χ4v) is 1.69. The lowest BCUT2D eigenvalue weighted by molar-refractivity contribution is 0.189. The molecule has 0 aliphatic rings. The van der Waals surface area contributed by atoms with Crippen LogP contribution >= 0.6 is 0 Å². The summed E-state index contributed by atoms with van der Waals surface area (Å²) in [6, 6.07) is 11.0. The Morgan fingerprint density at radius 2 is 2.00 bits per heavy atom. The van der Waals surface area contributed by atoms with Gasteiger partial charge in [-0.2, -0.15) is 0 Å². The van der Waals surface area contributed by atoms with Crippen molar-refractivity contribution in [3.05, 3.63) is 54.0 Å². The highest BCUT2D eigenvalue weighted by Crippen LogP contribution is 2.24. The molecular weight excluding hydrogens is 228 g/mol. The first kappa shape index (κ1) is 12.7. The van der Waals surface area contributed by atoms with Crippen LogP contribution in [-0.4, -0.2) is 11.7 Å². The van der Waals surface area contributed by atoms with Crippen LogP contribution in [0, 0.1) is 0 Å². The van der Waals surface area contributed by atoms with E-state index in [1.807, 2.05) is 24.3 Å². The maximum absolute atomic E-state index is 10.1. The Kier molecular flexibility index (Phi) is 4.42. The average Bonchev–Trinajstić information content (AvgIpc) is 2.93. The molecule has 96 valence electrons. The van der Waals surface area contributed by atoms with Crippen molar-refractivity contribution in [2.45, 2.75) is 25.9 Å². The molecule has 0 aliphatic heterocycles. The second-order valence-electron chi connectivity index (χ2n) is 4.19. The number of hydrogen-bond acceptors (Lipinski definition) is 3. The zero-order valence-corrected chi connectivity index (χ0v) is 10.5. The van der Waals surface area contributed by atoms with Crippen molar-refractivity contribution in [2.24, 2.45) is 0 Å². The Bertz CT molecular complexity index is 445. The van der Waals surface area contributed by atoms with E-state index >= 15 is 0 Å². The van der Waals surface area contributed by atoms with Gasteiger partial charge in [0.25, 0.3) is 0 Å². The smallest absolute Gasteiger partial charge is 0.137 e. The summed E-state index contributed by atoms with van der Waals surface area (Å²) >= 11 is 0. The van der Waals surface area contributed by atoms with Gasteiger partial charge in [-0.25, -0.2) is 0 Å². The van der Waals surface area contributed by atoms with Crippen molar-refractivity contribution in [3.63, 3.8) is 0 Å². The van der Waals surface area contributed by atoms with Crippen molar-refractivity contribution in [2.75, 3.05) is 6.61 Å². The number of aliphatic hydroxyl groups is 1. The Morgan fingerprint density at radius 3 is 2.61 bits per heavy atom. The van der Waals surface area contributed by atoms with Crippen molar-refractivity contribution < 1.29 is 14.3 Å². The Hall–Kier alpha value is -1.74. The summed E-state index contributed by atoms with van der Waals surface area (Å²) in [5, 5.41) is 10.1. The van der Waals surface area contributed by atoms with Gasteiger partial charge in [0.15, 0.2) is 0 Å². The predicted octanol–water partition coefficient (Wildman–Crippen LogP) is 3.54. The summed E-state index contributed by atoms with van der Waals surface area (Å²) in [6.45, 7) is 2.86. The highest BCUT2D eigenvalue weighted by molar-refractivity contribution is 5.31. The van der Waals surface area contributed by atoms with Gasteiger partial charge in [0.1, 0.15) is 17.6 Å². The minimum absolute atomic E-state index is 0.551. The van der Waals surface area contributed by atoms with E-state index in [0.29, 0.717) is 5.76 Å². The fourth-order valence-electron chi connectivity index (χ4n) is 1.69. The molecule has 0 amide bonds. The maximum atomic E-state index is 10.1. The molecule has 2 aromatic rings. The van der Waals surface area contributed by atoms with Crippen LogP contribution in [0.5, 0.6) is 5.75 Å². The standard InChI is InChI=1S/C15H18O3/c1-2-3-10-17-13-8-6-12(7-9-13)15(16)14-5-4-11-18-14/h4-9,11,15-16H,2-3,10H2,1H3. The van der Waals surface area contributed by atoms with E-state index in [4.69, 9.17) is 9.15 Å². The molecule has 1 aromatic carbocycles. The first-order valence-electron chi connectivity index (χ1n) is 6.25. The largest absolute Gasteiger partial charge is 0.494 e. The lowest BCUT2D eigenvalue weighted by Crippen LogP contribution is -1.99. The first-order valence-corrected chi connectivity index (χ1v) is 6.25. The Labute approximate surface area is 107 Å². The van der Waals surface area contributed by atoms with Gasteiger partial charge < -0.3 is 14.3 Å². The van der Waals surface area contributed by atoms with Gasteiger partial charge in [0.2, 0.25) is 0 Å². The second kappa shape index (κ2) is 6.26. The fraction of sp³-hybridized carbons (Fsp3) is 0.333. The van der Waals surface area contributed by atoms with Crippen LogP contribution in [0.3, 0.4) is 0 Å². The number of rotatable bonds is 6. The van der Waals surface area contributed by atoms with Gasteiger partial charge in [-0.1, -0.05) is 25.5 Å². The van der Waals surface area contributed by atoms with Gasteiger partial charge >= 0.3 is 0 Å². The Morgan fingerprint density at radius 1 is 1.22 bits per heavy atom. The van der Waals surface area contributed by atoms with Gasteiger partial charge in [0.05, 0.1) is 12.9 Å². The molecule has 0 fully saturated rings. The van der Waals surface area contributed by atoms with E-state index in [1.165, 1.54) is 0 Å². The van der Waals surface area contributed by atoms with E-state index in [-0.39, 0.29) is 0 Å². The third-order valence-corrected chi connectivity index (χ3v) is 2.78. The molecular formula is C15H18O3. The highest BCUT2D eigenvalue weighted by atomic mass is 16.5. The molecule has 3 nitrogen and oxygen atoms in total. The van der Waals surface area contributed by atoms with Crippen LogP contribution in [0.25, 0.3) is 0 Å². The van der Waals surface area contributed by atoms with Crippen LogP contribution < -0.4 is 4.74 Å². The predicted molar refractivity (Wildman–Crippen MR) is 69.6 cm³/mol. The summed E-state index contributed by atoms with van der Waals surface area (Å²) in [5.74, 6) is 1.38. The Balaban J connectivity index is 1.99. The number of ether oxygens (including phenoxy) is 1. The molecule has 1 aromatic heterocycles. The minimum Gasteiger partial charge on any atom is -0.494 e. The van der Waals surface area contributed by atoms with Crippen molar-refractivity contribution >= 4 is 0 Å². The van der Waals surface area contributed by atoms with Crippen LogP contribution in [0.15, 0.2) is 47.1 Å². The topological polar surface area (TPSA) is 42.6 Å². The molecule has 1 unspecified atom stereocenters. The molecule has 0 radical (unpaired) electrons. The highest BCUT2D eigenvalue weighted by Gasteiger charge is 2.12. The molecule has 0 bridgehead atoms. The van der Waals surface area contributed by atoms with Crippen LogP contribution in [0.4, 0.5) is 0 Å². The second-order valence-corrected chi connectivity index (χ2v) is 4.19. The SMILES string of the molecule is CCCCOc1ccc(C(O)c2ccco2)cc1. The zero-order valence-electron chi connectivity index (χ0n) is 10.5. The molecule has 1 N–H and O–H groups in total. The van der Waals surface area contributed by atoms with Crippen LogP contribution in [-0.2, 0) is 0 Å². The molecule has 0 saturated carbocycles. The van der Waals surface area contributed by atoms with Gasteiger partial charge in [-0.15, -0.1) is 0 Å². The van der Waals surface area contributed by atoms with Gasteiger partial charge in [-0.3, -0.25) is 0 Å². The molecule has 0 aliphatic carbocycles. The summed E-state index contributed by atoms with van der Waals surface area (Å²) < 4.78 is 10.7. The number of unbranched alkanes of at least 4 members (excludes halogenated alkanes) is 1. The number of furan rings is 1. The average molecular weight is 246 g/mol. The van der Waals surface area contributed by atoms with E-state index < -0.39 is 6.10 Å². The molecule has 1 atom stereocenters. The molecule has 3 heteroatoms. The molecule has 0 spiro atoms. The summed E-state index contributed by atoms with van der Waals surface area (Å²) in [6.07, 6.45) is 3.01. The summed E-state index contributed by atoms with van der Waals surface area (Å²) in [5.41, 5.74) is 0.799. The maximum Gasteiger partial charge on any atom is 0.137 e. The van der Waals surface area contributed by atoms with Crippen molar-refractivity contribution in [1.82, 2.24) is 0 Å². The molecule has 0 saturated heterocycles. The van der Waals surface area contributed by atoms with E-state index in [2.05, 4.69) is 6.92 Å². The summed E-state index contributed by atoms with van der Waals surface area (Å²) in [7, 11) is 0. The number of hydrogen-bond donors (Lipinski definition) is 1. The quantitative estimate of drug-likeness (QED) is 0.793. The van der Waals surface area contributed by atoms with E-state index in [1.54, 1.807) is 18.4 Å². The van der Waals surface area contributed by atoms with Crippen LogP contribution in [0.1, 0.15) is 37.2 Å². The molecule has 2 rings (SSSR count). The van der Waals surface area contributed by atoms with E-state index in [0.717, 1.165) is 30.8 Å². The number of aliphatic hydroxyl groups excluding tert-OH is 1.